The molecule has 1 unspecified atom stereocenters. The second kappa shape index (κ2) is 7.15. The van der Waals surface area contributed by atoms with Crippen LogP contribution < -0.4 is 10.9 Å². The largest absolute Gasteiger partial charge is 0.376 e. The van der Waals surface area contributed by atoms with Gasteiger partial charge in [-0.3, -0.25) is 14.6 Å². The van der Waals surface area contributed by atoms with Crippen molar-refractivity contribution in [3.05, 3.63) is 47.0 Å². The van der Waals surface area contributed by atoms with Crippen LogP contribution in [0.25, 0.3) is 11.3 Å². The van der Waals surface area contributed by atoms with Crippen molar-refractivity contribution in [1.82, 2.24) is 20.1 Å². The smallest absolute Gasteiger partial charge is 0.267 e. The average molecular weight is 314 g/mol. The topological polar surface area (TPSA) is 86.1 Å². The van der Waals surface area contributed by atoms with Gasteiger partial charge in [-0.1, -0.05) is 0 Å². The number of nitrogens with one attached hydrogen (secondary N) is 1. The lowest BCUT2D eigenvalue weighted by Crippen LogP contribution is -2.37. The number of ether oxygens (including phenoxy) is 1. The lowest BCUT2D eigenvalue weighted by Gasteiger charge is -2.11. The first kappa shape index (κ1) is 15.4. The summed E-state index contributed by atoms with van der Waals surface area (Å²) in [5.41, 5.74) is 1.16. The molecule has 0 radical (unpaired) electrons. The maximum Gasteiger partial charge on any atom is 0.267 e. The monoisotopic (exact) mass is 314 g/mol. The number of carbonyl (C=O) groups excluding carboxylic acids is 1. The van der Waals surface area contributed by atoms with Crippen molar-refractivity contribution in [2.24, 2.45) is 0 Å². The Bertz CT molecular complexity index is 724. The number of amides is 1. The van der Waals surface area contributed by atoms with Gasteiger partial charge in [0.1, 0.15) is 6.54 Å². The Kier molecular flexibility index (Phi) is 4.77. The molecule has 0 spiro atoms. The molecule has 1 N–H and O–H groups in total. The maximum absolute atomic E-state index is 12.0. The zero-order valence-corrected chi connectivity index (χ0v) is 12.6. The van der Waals surface area contributed by atoms with E-state index in [0.717, 1.165) is 25.0 Å². The molecule has 0 aromatic carbocycles. The molecule has 1 saturated heterocycles. The van der Waals surface area contributed by atoms with Gasteiger partial charge in [-0.2, -0.15) is 5.10 Å². The zero-order valence-electron chi connectivity index (χ0n) is 12.6. The van der Waals surface area contributed by atoms with E-state index in [1.807, 2.05) is 0 Å². The average Bonchev–Trinajstić information content (AvgIpc) is 3.09. The molecule has 3 rings (SSSR count). The number of hydrogen-bond acceptors (Lipinski definition) is 5. The van der Waals surface area contributed by atoms with Crippen LogP contribution in [0, 0.1) is 0 Å². The van der Waals surface area contributed by atoms with Crippen LogP contribution in [0.4, 0.5) is 0 Å². The highest BCUT2D eigenvalue weighted by Gasteiger charge is 2.16. The van der Waals surface area contributed by atoms with E-state index in [0.29, 0.717) is 12.2 Å². The molecule has 7 heteroatoms. The van der Waals surface area contributed by atoms with Gasteiger partial charge in [-0.15, -0.1) is 0 Å². The molecule has 1 amide bonds. The van der Waals surface area contributed by atoms with Gasteiger partial charge < -0.3 is 10.1 Å². The van der Waals surface area contributed by atoms with Crippen LogP contribution >= 0.6 is 0 Å². The van der Waals surface area contributed by atoms with Gasteiger partial charge in [-0.05, 0) is 31.0 Å². The van der Waals surface area contributed by atoms with Crippen LogP contribution in [0.3, 0.4) is 0 Å². The fourth-order valence-corrected chi connectivity index (χ4v) is 2.46. The molecule has 7 nitrogen and oxygen atoms in total. The second-order valence-electron chi connectivity index (χ2n) is 5.39. The van der Waals surface area contributed by atoms with E-state index < -0.39 is 0 Å². The Morgan fingerprint density at radius 1 is 1.30 bits per heavy atom. The summed E-state index contributed by atoms with van der Waals surface area (Å²) in [5.74, 6) is -0.248. The minimum absolute atomic E-state index is 0.0757. The van der Waals surface area contributed by atoms with E-state index in [4.69, 9.17) is 4.74 Å². The predicted molar refractivity (Wildman–Crippen MR) is 83.7 cm³/mol. The third-order valence-corrected chi connectivity index (χ3v) is 3.69. The van der Waals surface area contributed by atoms with Crippen LogP contribution in [-0.4, -0.2) is 39.9 Å². The van der Waals surface area contributed by atoms with Crippen molar-refractivity contribution in [3.63, 3.8) is 0 Å². The van der Waals surface area contributed by atoms with E-state index in [9.17, 15) is 9.59 Å². The fraction of sp³-hybridized carbons (Fsp3) is 0.375. The van der Waals surface area contributed by atoms with Crippen molar-refractivity contribution < 1.29 is 9.53 Å². The van der Waals surface area contributed by atoms with Crippen LogP contribution in [0.2, 0.25) is 0 Å². The predicted octanol–water partition coefficient (Wildman–Crippen LogP) is 0.600. The van der Waals surface area contributed by atoms with Crippen molar-refractivity contribution in [1.29, 1.82) is 0 Å². The third kappa shape index (κ3) is 4.01. The van der Waals surface area contributed by atoms with E-state index in [-0.39, 0.29) is 24.1 Å². The highest BCUT2D eigenvalue weighted by atomic mass is 16.5. The summed E-state index contributed by atoms with van der Waals surface area (Å²) in [4.78, 5) is 27.8. The normalized spacial score (nSPS) is 17.1. The van der Waals surface area contributed by atoms with Gasteiger partial charge in [0.25, 0.3) is 5.56 Å². The quantitative estimate of drug-likeness (QED) is 0.873. The number of nitrogens with zero attached hydrogens (tertiary/aromatic N) is 3. The molecule has 3 heterocycles. The van der Waals surface area contributed by atoms with Crippen LogP contribution in [0.1, 0.15) is 12.8 Å². The van der Waals surface area contributed by atoms with Crippen LogP contribution in [0.5, 0.6) is 0 Å². The minimum atomic E-state index is -0.310. The zero-order chi connectivity index (χ0) is 16.1. The molecule has 1 aliphatic rings. The Hall–Kier alpha value is -2.54. The lowest BCUT2D eigenvalue weighted by molar-refractivity contribution is -0.122. The minimum Gasteiger partial charge on any atom is -0.376 e. The first-order valence-electron chi connectivity index (χ1n) is 7.59. The summed E-state index contributed by atoms with van der Waals surface area (Å²) in [5, 5.41) is 7.03. The van der Waals surface area contributed by atoms with E-state index >= 15 is 0 Å². The van der Waals surface area contributed by atoms with Gasteiger partial charge in [0.15, 0.2) is 0 Å². The molecule has 1 fully saturated rings. The molecule has 1 atom stereocenters. The lowest BCUT2D eigenvalue weighted by atomic mass is 10.2. The SMILES string of the molecule is O=C(Cn1nc(-c2ccncc2)ccc1=O)NCC1CCCO1. The number of carbonyl (C=O) groups is 1. The molecule has 0 saturated carbocycles. The summed E-state index contributed by atoms with van der Waals surface area (Å²) in [6, 6.07) is 6.65. The summed E-state index contributed by atoms with van der Waals surface area (Å²) < 4.78 is 6.62. The Labute approximate surface area is 133 Å². The summed E-state index contributed by atoms with van der Waals surface area (Å²) in [6.07, 6.45) is 5.36. The van der Waals surface area contributed by atoms with Gasteiger partial charge in [0, 0.05) is 37.2 Å². The summed E-state index contributed by atoms with van der Waals surface area (Å²) in [6.45, 7) is 1.11. The Balaban J connectivity index is 1.67. The Morgan fingerprint density at radius 2 is 2.13 bits per heavy atom. The number of pyridine rings is 1. The summed E-state index contributed by atoms with van der Waals surface area (Å²) >= 11 is 0. The molecule has 2 aromatic heterocycles. The van der Waals surface area contributed by atoms with Crippen molar-refractivity contribution in [2.45, 2.75) is 25.5 Å². The highest BCUT2D eigenvalue weighted by molar-refractivity contribution is 5.75. The van der Waals surface area contributed by atoms with E-state index in [2.05, 4.69) is 15.4 Å². The fourth-order valence-electron chi connectivity index (χ4n) is 2.46. The maximum atomic E-state index is 12.0. The van der Waals surface area contributed by atoms with Crippen molar-refractivity contribution >= 4 is 5.91 Å². The summed E-state index contributed by atoms with van der Waals surface area (Å²) in [7, 11) is 0. The highest BCUT2D eigenvalue weighted by Crippen LogP contribution is 2.13. The van der Waals surface area contributed by atoms with Crippen LogP contribution in [0.15, 0.2) is 41.5 Å². The molecule has 1 aliphatic heterocycles. The third-order valence-electron chi connectivity index (χ3n) is 3.69. The molecule has 23 heavy (non-hydrogen) atoms. The van der Waals surface area contributed by atoms with E-state index in [1.54, 1.807) is 30.6 Å². The number of aromatic nitrogens is 3. The van der Waals surface area contributed by atoms with E-state index in [1.165, 1.54) is 10.7 Å². The Morgan fingerprint density at radius 3 is 2.87 bits per heavy atom. The van der Waals surface area contributed by atoms with Gasteiger partial charge in [0.05, 0.1) is 11.8 Å². The number of rotatable bonds is 5. The standard InChI is InChI=1S/C16H18N4O3/c21-15(18-10-13-2-1-9-23-13)11-20-16(22)4-3-14(19-20)12-5-7-17-8-6-12/h3-8,13H,1-2,9-11H2,(H,18,21). The molecular weight excluding hydrogens is 296 g/mol. The van der Waals surface area contributed by atoms with Gasteiger partial charge in [-0.25, -0.2) is 4.68 Å². The molecular formula is C16H18N4O3. The van der Waals surface area contributed by atoms with Gasteiger partial charge in [0.2, 0.25) is 5.91 Å². The number of hydrogen-bond donors (Lipinski definition) is 1. The van der Waals surface area contributed by atoms with Crippen molar-refractivity contribution in [3.8, 4) is 11.3 Å². The first-order chi connectivity index (χ1) is 11.2. The molecule has 120 valence electrons. The van der Waals surface area contributed by atoms with Crippen molar-refractivity contribution in [2.75, 3.05) is 13.2 Å². The first-order valence-corrected chi connectivity index (χ1v) is 7.59. The second-order valence-corrected chi connectivity index (χ2v) is 5.39. The molecule has 0 aliphatic carbocycles. The molecule has 2 aromatic rings. The molecule has 0 bridgehead atoms. The van der Waals surface area contributed by atoms with Crippen LogP contribution in [-0.2, 0) is 16.1 Å². The van der Waals surface area contributed by atoms with Gasteiger partial charge >= 0.3 is 0 Å².